The molecule has 1 aromatic heterocycles. The zero-order valence-electron chi connectivity index (χ0n) is 13.6. The van der Waals surface area contributed by atoms with E-state index in [1.165, 1.54) is 30.3 Å². The second kappa shape index (κ2) is 7.88. The molecule has 0 spiro atoms. The van der Waals surface area contributed by atoms with Crippen LogP contribution < -0.4 is 5.32 Å². The van der Waals surface area contributed by atoms with Gasteiger partial charge in [0.25, 0.3) is 5.91 Å². The average molecular weight is 397 g/mol. The van der Waals surface area contributed by atoms with Crippen molar-refractivity contribution in [1.29, 1.82) is 0 Å². The van der Waals surface area contributed by atoms with E-state index in [2.05, 4.69) is 10.3 Å². The molecule has 0 saturated carbocycles. The summed E-state index contributed by atoms with van der Waals surface area (Å²) in [6.45, 7) is 1.44. The van der Waals surface area contributed by atoms with E-state index in [9.17, 15) is 14.0 Å². The Labute approximate surface area is 159 Å². The summed E-state index contributed by atoms with van der Waals surface area (Å²) in [4.78, 5) is 31.7. The molecule has 2 aromatic rings. The topological polar surface area (TPSA) is 65.5 Å². The Morgan fingerprint density at radius 1 is 1.00 bits per heavy atom. The zero-order valence-corrected chi connectivity index (χ0v) is 15.1. The van der Waals surface area contributed by atoms with Crippen molar-refractivity contribution in [3.8, 4) is 0 Å². The predicted octanol–water partition coefficient (Wildman–Crippen LogP) is 3.52. The fourth-order valence-electron chi connectivity index (χ4n) is 2.66. The molecule has 6 nitrogen and oxygen atoms in total. The van der Waals surface area contributed by atoms with Gasteiger partial charge in [-0.1, -0.05) is 29.3 Å². The molecule has 1 aliphatic rings. The number of hydrogen-bond donors (Lipinski definition) is 1. The van der Waals surface area contributed by atoms with Gasteiger partial charge in [-0.3, -0.25) is 4.79 Å². The number of hydrogen-bond acceptors (Lipinski definition) is 3. The lowest BCUT2D eigenvalue weighted by molar-refractivity contribution is 0.0671. The van der Waals surface area contributed by atoms with Crippen molar-refractivity contribution in [2.24, 2.45) is 0 Å². The van der Waals surface area contributed by atoms with Gasteiger partial charge < -0.3 is 15.1 Å². The Bertz CT molecular complexity index is 821. The van der Waals surface area contributed by atoms with Crippen LogP contribution >= 0.6 is 23.2 Å². The highest BCUT2D eigenvalue weighted by molar-refractivity contribution is 6.32. The zero-order chi connectivity index (χ0) is 18.7. The molecule has 0 atom stereocenters. The van der Waals surface area contributed by atoms with Crippen molar-refractivity contribution in [1.82, 2.24) is 14.8 Å². The molecule has 1 N–H and O–H groups in total. The highest BCUT2D eigenvalue weighted by Gasteiger charge is 2.25. The minimum Gasteiger partial charge on any atom is -0.335 e. The van der Waals surface area contributed by atoms with E-state index in [-0.39, 0.29) is 22.2 Å². The summed E-state index contributed by atoms with van der Waals surface area (Å²) in [7, 11) is 0. The highest BCUT2D eigenvalue weighted by Crippen LogP contribution is 2.19. The van der Waals surface area contributed by atoms with E-state index in [0.29, 0.717) is 37.4 Å². The lowest BCUT2D eigenvalue weighted by Crippen LogP contribution is -2.51. The lowest BCUT2D eigenvalue weighted by Gasteiger charge is -2.34. The number of rotatable bonds is 2. The SMILES string of the molecule is O=C(Nc1cc(Cl)nc(Cl)c1)N1CCN(C(=O)c2cccc(F)c2)CC1. The van der Waals surface area contributed by atoms with Crippen LogP contribution in [0.2, 0.25) is 10.3 Å². The van der Waals surface area contributed by atoms with Gasteiger partial charge in [0.05, 0.1) is 0 Å². The number of pyridine rings is 1. The first kappa shape index (κ1) is 18.4. The largest absolute Gasteiger partial charge is 0.335 e. The number of carbonyl (C=O) groups is 2. The van der Waals surface area contributed by atoms with Gasteiger partial charge in [0, 0.05) is 37.4 Å². The molecule has 0 unspecified atom stereocenters. The number of carbonyl (C=O) groups excluding carboxylic acids is 2. The normalized spacial score (nSPS) is 14.3. The Kier molecular flexibility index (Phi) is 5.58. The maximum atomic E-state index is 13.3. The van der Waals surface area contributed by atoms with Crippen LogP contribution in [0, 0.1) is 5.82 Å². The molecule has 2 heterocycles. The molecular weight excluding hydrogens is 382 g/mol. The van der Waals surface area contributed by atoms with Gasteiger partial charge in [0.2, 0.25) is 0 Å². The van der Waals surface area contributed by atoms with Crippen molar-refractivity contribution >= 4 is 40.8 Å². The van der Waals surface area contributed by atoms with Gasteiger partial charge in [-0.15, -0.1) is 0 Å². The summed E-state index contributed by atoms with van der Waals surface area (Å²) in [5, 5.41) is 3.06. The van der Waals surface area contributed by atoms with Crippen LogP contribution in [-0.2, 0) is 0 Å². The van der Waals surface area contributed by atoms with Crippen LogP contribution in [0.4, 0.5) is 14.9 Å². The van der Waals surface area contributed by atoms with E-state index in [0.717, 1.165) is 0 Å². The Morgan fingerprint density at radius 3 is 2.23 bits per heavy atom. The summed E-state index contributed by atoms with van der Waals surface area (Å²) in [6, 6.07) is 8.24. The fourth-order valence-corrected chi connectivity index (χ4v) is 3.12. The van der Waals surface area contributed by atoms with E-state index in [1.807, 2.05) is 0 Å². The molecule has 0 aliphatic carbocycles. The average Bonchev–Trinajstić information content (AvgIpc) is 2.60. The fraction of sp³-hybridized carbons (Fsp3) is 0.235. The van der Waals surface area contributed by atoms with Gasteiger partial charge in [-0.2, -0.15) is 0 Å². The number of amides is 3. The first-order valence-electron chi connectivity index (χ1n) is 7.86. The van der Waals surface area contributed by atoms with Crippen LogP contribution in [0.25, 0.3) is 0 Å². The van der Waals surface area contributed by atoms with Gasteiger partial charge in [0.15, 0.2) is 0 Å². The number of urea groups is 1. The quantitative estimate of drug-likeness (QED) is 0.789. The molecule has 1 saturated heterocycles. The van der Waals surface area contributed by atoms with Crippen molar-refractivity contribution in [3.63, 3.8) is 0 Å². The van der Waals surface area contributed by atoms with Crippen LogP contribution in [0.5, 0.6) is 0 Å². The van der Waals surface area contributed by atoms with Crippen LogP contribution in [-0.4, -0.2) is 52.9 Å². The number of benzene rings is 1. The smallest absolute Gasteiger partial charge is 0.321 e. The van der Waals surface area contributed by atoms with Crippen LogP contribution in [0.1, 0.15) is 10.4 Å². The van der Waals surface area contributed by atoms with Crippen molar-refractivity contribution in [3.05, 3.63) is 58.1 Å². The monoisotopic (exact) mass is 396 g/mol. The molecule has 0 radical (unpaired) electrons. The summed E-state index contributed by atoms with van der Waals surface area (Å²) in [5.74, 6) is -0.708. The van der Waals surface area contributed by atoms with E-state index in [1.54, 1.807) is 15.9 Å². The van der Waals surface area contributed by atoms with Crippen molar-refractivity contribution in [2.75, 3.05) is 31.5 Å². The third-order valence-electron chi connectivity index (χ3n) is 3.94. The molecule has 1 aromatic carbocycles. The Morgan fingerprint density at radius 2 is 1.62 bits per heavy atom. The molecule has 26 heavy (non-hydrogen) atoms. The van der Waals surface area contributed by atoms with Gasteiger partial charge in [0.1, 0.15) is 16.1 Å². The number of anilines is 1. The number of nitrogens with zero attached hydrogens (tertiary/aromatic N) is 3. The summed E-state index contributed by atoms with van der Waals surface area (Å²) < 4.78 is 13.3. The molecular formula is C17H15Cl2FN4O2. The highest BCUT2D eigenvalue weighted by atomic mass is 35.5. The maximum Gasteiger partial charge on any atom is 0.321 e. The van der Waals surface area contributed by atoms with Crippen molar-refractivity contribution in [2.45, 2.75) is 0 Å². The number of aromatic nitrogens is 1. The van der Waals surface area contributed by atoms with Gasteiger partial charge in [-0.25, -0.2) is 14.2 Å². The van der Waals surface area contributed by atoms with Gasteiger partial charge >= 0.3 is 6.03 Å². The van der Waals surface area contributed by atoms with E-state index >= 15 is 0 Å². The van der Waals surface area contributed by atoms with Gasteiger partial charge in [-0.05, 0) is 30.3 Å². The van der Waals surface area contributed by atoms with Crippen LogP contribution in [0.3, 0.4) is 0 Å². The third kappa shape index (κ3) is 4.42. The number of halogens is 3. The molecule has 1 aliphatic heterocycles. The number of nitrogens with one attached hydrogen (secondary N) is 1. The molecule has 3 amide bonds. The minimum absolute atomic E-state index is 0.179. The first-order valence-corrected chi connectivity index (χ1v) is 8.62. The summed E-state index contributed by atoms with van der Waals surface area (Å²) in [6.07, 6.45) is 0. The molecule has 136 valence electrons. The predicted molar refractivity (Wildman–Crippen MR) is 97.2 cm³/mol. The first-order chi connectivity index (χ1) is 12.4. The van der Waals surface area contributed by atoms with E-state index < -0.39 is 5.82 Å². The number of piperazine rings is 1. The second-order valence-corrected chi connectivity index (χ2v) is 6.50. The third-order valence-corrected chi connectivity index (χ3v) is 4.33. The van der Waals surface area contributed by atoms with E-state index in [4.69, 9.17) is 23.2 Å². The molecule has 3 rings (SSSR count). The Hall–Kier alpha value is -2.38. The van der Waals surface area contributed by atoms with Crippen molar-refractivity contribution < 1.29 is 14.0 Å². The summed E-state index contributed by atoms with van der Waals surface area (Å²) >= 11 is 11.6. The summed E-state index contributed by atoms with van der Waals surface area (Å²) in [5.41, 5.74) is 0.738. The Balaban J connectivity index is 1.57. The lowest BCUT2D eigenvalue weighted by atomic mass is 10.2. The molecule has 0 bridgehead atoms. The molecule has 9 heteroatoms. The molecule has 1 fully saturated rings. The maximum absolute atomic E-state index is 13.3. The standard InChI is InChI=1S/C17H15Cl2FN4O2/c18-14-9-13(10-15(19)22-14)21-17(26)24-6-4-23(5-7-24)16(25)11-2-1-3-12(20)8-11/h1-3,8-10H,4-7H2,(H,21,22,26). The minimum atomic E-state index is -0.455. The second-order valence-electron chi connectivity index (χ2n) is 5.72. The van der Waals surface area contributed by atoms with Crippen LogP contribution in [0.15, 0.2) is 36.4 Å².